The molecule has 0 heterocycles. The molecule has 0 aliphatic heterocycles. The third-order valence-electron chi connectivity index (χ3n) is 5.38. The highest BCUT2D eigenvalue weighted by atomic mass is 32.2. The molecule has 1 atom stereocenters. The van der Waals surface area contributed by atoms with E-state index in [2.05, 4.69) is 15.4 Å². The Kier molecular flexibility index (Phi) is 6.86. The molecule has 1 aliphatic rings. The molecule has 33 heavy (non-hydrogen) atoms. The minimum atomic E-state index is -3.72. The first kappa shape index (κ1) is 22.7. The monoisotopic (exact) mass is 463 g/mol. The summed E-state index contributed by atoms with van der Waals surface area (Å²) < 4.78 is 27.8. The van der Waals surface area contributed by atoms with Crippen molar-refractivity contribution >= 4 is 27.5 Å². The van der Waals surface area contributed by atoms with Crippen LogP contribution in [-0.4, -0.2) is 26.8 Å². The first-order valence-corrected chi connectivity index (χ1v) is 12.2. The Morgan fingerprint density at radius 3 is 2.21 bits per heavy atom. The summed E-state index contributed by atoms with van der Waals surface area (Å²) in [6.45, 7) is 0.397. The standard InChI is InChI=1S/C25H25N3O4S/c29-24(20-10-7-13-22(16-20)33(31,32)26-17-18-14-15-18)28-23(19-8-3-1-4-9-19)25(30)27-21-11-5-2-6-12-21/h1-13,16,18,23,26H,14-15,17H2,(H,27,30)(H,28,29). The van der Waals surface area contributed by atoms with E-state index >= 15 is 0 Å². The van der Waals surface area contributed by atoms with Crippen LogP contribution in [0, 0.1) is 5.92 Å². The molecule has 0 spiro atoms. The predicted molar refractivity (Wildman–Crippen MR) is 126 cm³/mol. The number of hydrogen-bond donors (Lipinski definition) is 3. The lowest BCUT2D eigenvalue weighted by molar-refractivity contribution is -0.118. The predicted octanol–water partition coefficient (Wildman–Crippen LogP) is 3.48. The van der Waals surface area contributed by atoms with Crippen LogP contribution >= 0.6 is 0 Å². The Bertz CT molecular complexity index is 1230. The molecule has 0 bridgehead atoms. The number of amides is 2. The second kappa shape index (κ2) is 9.97. The Labute approximate surface area is 193 Å². The normalized spacial score (nSPS) is 14.3. The van der Waals surface area contributed by atoms with Gasteiger partial charge in [0.25, 0.3) is 11.8 Å². The van der Waals surface area contributed by atoms with E-state index in [0.717, 1.165) is 12.8 Å². The minimum absolute atomic E-state index is 0.0146. The summed E-state index contributed by atoms with van der Waals surface area (Å²) in [5, 5.41) is 5.55. The molecule has 1 saturated carbocycles. The van der Waals surface area contributed by atoms with Gasteiger partial charge in [-0.3, -0.25) is 9.59 Å². The van der Waals surface area contributed by atoms with Gasteiger partial charge >= 0.3 is 0 Å². The lowest BCUT2D eigenvalue weighted by Gasteiger charge is -2.19. The third-order valence-corrected chi connectivity index (χ3v) is 6.80. The number of benzene rings is 3. The van der Waals surface area contributed by atoms with Crippen LogP contribution in [0.15, 0.2) is 89.8 Å². The van der Waals surface area contributed by atoms with Gasteiger partial charge in [0.1, 0.15) is 6.04 Å². The van der Waals surface area contributed by atoms with Crippen LogP contribution in [0.1, 0.15) is 34.8 Å². The van der Waals surface area contributed by atoms with Crippen molar-refractivity contribution in [3.63, 3.8) is 0 Å². The van der Waals surface area contributed by atoms with E-state index < -0.39 is 27.9 Å². The topological polar surface area (TPSA) is 104 Å². The van der Waals surface area contributed by atoms with Crippen molar-refractivity contribution in [1.29, 1.82) is 0 Å². The van der Waals surface area contributed by atoms with E-state index in [9.17, 15) is 18.0 Å². The maximum absolute atomic E-state index is 13.0. The van der Waals surface area contributed by atoms with E-state index in [1.54, 1.807) is 48.5 Å². The van der Waals surface area contributed by atoms with E-state index in [4.69, 9.17) is 0 Å². The van der Waals surface area contributed by atoms with Gasteiger partial charge in [-0.05, 0) is 54.7 Å². The average molecular weight is 464 g/mol. The second-order valence-electron chi connectivity index (χ2n) is 8.00. The lowest BCUT2D eigenvalue weighted by atomic mass is 10.1. The summed E-state index contributed by atoms with van der Waals surface area (Å²) in [5.74, 6) is -0.567. The SMILES string of the molecule is O=C(NC(C(=O)Nc1ccccc1)c1ccccc1)c1cccc(S(=O)(=O)NCC2CC2)c1. The molecule has 0 saturated heterocycles. The Balaban J connectivity index is 1.53. The summed E-state index contributed by atoms with van der Waals surface area (Å²) in [7, 11) is -3.72. The Morgan fingerprint density at radius 1 is 0.879 bits per heavy atom. The van der Waals surface area contributed by atoms with Crippen molar-refractivity contribution in [2.24, 2.45) is 5.92 Å². The first-order chi connectivity index (χ1) is 15.9. The molecule has 1 aliphatic carbocycles. The molecule has 7 nitrogen and oxygen atoms in total. The van der Waals surface area contributed by atoms with E-state index in [0.29, 0.717) is 23.7 Å². The molecule has 0 radical (unpaired) electrons. The fraction of sp³-hybridized carbons (Fsp3) is 0.200. The third kappa shape index (κ3) is 6.06. The van der Waals surface area contributed by atoms with Crippen LogP contribution in [0.5, 0.6) is 0 Å². The van der Waals surface area contributed by atoms with E-state index in [1.165, 1.54) is 24.3 Å². The van der Waals surface area contributed by atoms with Crippen molar-refractivity contribution in [2.75, 3.05) is 11.9 Å². The summed E-state index contributed by atoms with van der Waals surface area (Å²) in [4.78, 5) is 26.1. The van der Waals surface area contributed by atoms with Gasteiger partial charge in [0.05, 0.1) is 4.90 Å². The summed E-state index contributed by atoms with van der Waals surface area (Å²) in [5.41, 5.74) is 1.36. The number of anilines is 1. The maximum atomic E-state index is 13.0. The fourth-order valence-corrected chi connectivity index (χ4v) is 4.50. The summed E-state index contributed by atoms with van der Waals surface area (Å²) in [6.07, 6.45) is 2.05. The lowest BCUT2D eigenvalue weighted by Crippen LogP contribution is -2.37. The molecule has 170 valence electrons. The molecular weight excluding hydrogens is 438 g/mol. The summed E-state index contributed by atoms with van der Waals surface area (Å²) >= 11 is 0. The molecular formula is C25H25N3O4S. The van der Waals surface area contributed by atoms with Gasteiger partial charge < -0.3 is 10.6 Å². The summed E-state index contributed by atoms with van der Waals surface area (Å²) in [6, 6.07) is 22.7. The molecule has 3 aromatic carbocycles. The first-order valence-electron chi connectivity index (χ1n) is 10.7. The molecule has 3 aromatic rings. The van der Waals surface area contributed by atoms with Gasteiger partial charge in [0.2, 0.25) is 10.0 Å². The Morgan fingerprint density at radius 2 is 1.55 bits per heavy atom. The van der Waals surface area contributed by atoms with Crippen molar-refractivity contribution in [3.8, 4) is 0 Å². The van der Waals surface area contributed by atoms with Crippen molar-refractivity contribution in [2.45, 2.75) is 23.8 Å². The van der Waals surface area contributed by atoms with Gasteiger partial charge in [-0.25, -0.2) is 13.1 Å². The zero-order valence-electron chi connectivity index (χ0n) is 17.9. The van der Waals surface area contributed by atoms with Crippen molar-refractivity contribution in [3.05, 3.63) is 96.1 Å². The number of nitrogens with one attached hydrogen (secondary N) is 3. The fourth-order valence-electron chi connectivity index (χ4n) is 3.33. The van der Waals surface area contributed by atoms with E-state index in [-0.39, 0.29) is 10.5 Å². The van der Waals surface area contributed by atoms with Crippen LogP contribution in [0.4, 0.5) is 5.69 Å². The van der Waals surface area contributed by atoms with Crippen LogP contribution in [0.3, 0.4) is 0 Å². The zero-order valence-corrected chi connectivity index (χ0v) is 18.7. The van der Waals surface area contributed by atoms with Crippen LogP contribution in [-0.2, 0) is 14.8 Å². The van der Waals surface area contributed by atoms with Crippen molar-refractivity contribution in [1.82, 2.24) is 10.0 Å². The quantitative estimate of drug-likeness (QED) is 0.452. The molecule has 1 fully saturated rings. The molecule has 2 amide bonds. The number of carbonyl (C=O) groups is 2. The number of carbonyl (C=O) groups excluding carboxylic acids is 2. The molecule has 0 aromatic heterocycles. The molecule has 1 unspecified atom stereocenters. The highest BCUT2D eigenvalue weighted by molar-refractivity contribution is 7.89. The minimum Gasteiger partial charge on any atom is -0.336 e. The van der Waals surface area contributed by atoms with Crippen LogP contribution in [0.25, 0.3) is 0 Å². The largest absolute Gasteiger partial charge is 0.336 e. The van der Waals surface area contributed by atoms with Gasteiger partial charge in [-0.1, -0.05) is 54.6 Å². The number of rotatable bonds is 9. The number of sulfonamides is 1. The molecule has 3 N–H and O–H groups in total. The number of para-hydroxylation sites is 1. The van der Waals surface area contributed by atoms with Gasteiger partial charge in [-0.2, -0.15) is 0 Å². The Hall–Kier alpha value is -3.49. The van der Waals surface area contributed by atoms with Gasteiger partial charge in [0.15, 0.2) is 0 Å². The average Bonchev–Trinajstić information content (AvgIpc) is 3.67. The smallest absolute Gasteiger partial charge is 0.252 e. The maximum Gasteiger partial charge on any atom is 0.252 e. The van der Waals surface area contributed by atoms with Crippen LogP contribution < -0.4 is 15.4 Å². The van der Waals surface area contributed by atoms with Gasteiger partial charge in [-0.15, -0.1) is 0 Å². The zero-order chi connectivity index (χ0) is 23.3. The van der Waals surface area contributed by atoms with E-state index in [1.807, 2.05) is 12.1 Å². The van der Waals surface area contributed by atoms with Crippen LogP contribution in [0.2, 0.25) is 0 Å². The number of hydrogen-bond acceptors (Lipinski definition) is 4. The van der Waals surface area contributed by atoms with Gasteiger partial charge in [0, 0.05) is 17.8 Å². The molecule has 4 rings (SSSR count). The molecule has 8 heteroatoms. The highest BCUT2D eigenvalue weighted by Crippen LogP contribution is 2.28. The van der Waals surface area contributed by atoms with Crippen molar-refractivity contribution < 1.29 is 18.0 Å². The second-order valence-corrected chi connectivity index (χ2v) is 9.76. The highest BCUT2D eigenvalue weighted by Gasteiger charge is 2.26.